The molecule has 1 aromatic heterocycles. The average Bonchev–Trinajstić information content (AvgIpc) is 3.25. The Labute approximate surface area is 230 Å². The number of Topliss-reactive ketones (excluding diaryl/α,β-unsaturated/α-hetero) is 1. The first-order valence-corrected chi connectivity index (χ1v) is 13.2. The highest BCUT2D eigenvalue weighted by molar-refractivity contribution is 7.99. The molecule has 0 radical (unpaired) electrons. The minimum absolute atomic E-state index is 0. The first-order chi connectivity index (χ1) is 17.6. The van der Waals surface area contributed by atoms with E-state index in [1.807, 2.05) is 23.7 Å². The number of halogens is 4. The summed E-state index contributed by atoms with van der Waals surface area (Å²) in [6.45, 7) is 4.61. The Morgan fingerprint density at radius 2 is 1.92 bits per heavy atom. The smallest absolute Gasteiger partial charge is 0.416 e. The summed E-state index contributed by atoms with van der Waals surface area (Å²) in [5.41, 5.74) is 1.94. The highest BCUT2D eigenvalue weighted by Crippen LogP contribution is 2.59. The first-order valence-electron chi connectivity index (χ1n) is 12.2. The summed E-state index contributed by atoms with van der Waals surface area (Å²) in [5, 5.41) is 9.17. The van der Waals surface area contributed by atoms with Gasteiger partial charge in [0.15, 0.2) is 16.8 Å². The number of benzene rings is 2. The number of hydrogen-bond donors (Lipinski definition) is 0. The van der Waals surface area contributed by atoms with Crippen LogP contribution < -0.4 is 4.74 Å². The van der Waals surface area contributed by atoms with E-state index in [0.717, 1.165) is 55.5 Å². The van der Waals surface area contributed by atoms with Crippen molar-refractivity contribution in [1.29, 1.82) is 0 Å². The number of piperidine rings is 1. The van der Waals surface area contributed by atoms with E-state index in [2.05, 4.69) is 21.2 Å². The zero-order chi connectivity index (χ0) is 26.4. The highest BCUT2D eigenvalue weighted by atomic mass is 35.5. The molecule has 11 heteroatoms. The van der Waals surface area contributed by atoms with Crippen molar-refractivity contribution in [2.75, 3.05) is 32.5 Å². The summed E-state index contributed by atoms with van der Waals surface area (Å²) in [4.78, 5) is 14.6. The number of fused-ring (bicyclic) bond motifs is 1. The van der Waals surface area contributed by atoms with Crippen LogP contribution in [0, 0.1) is 5.92 Å². The molecule has 1 aliphatic heterocycles. The SMILES string of the molecule is COc1ccc([C@]23C[C@H]2CN(CCCSc2nnc(-c4ccc(C(F)(F)F)cc4)n2C)C3)cc1C(C)=O.Cl. The quantitative estimate of drug-likeness (QED) is 0.183. The molecule has 2 heterocycles. The minimum atomic E-state index is -4.36. The molecule has 1 aliphatic carbocycles. The van der Waals surface area contributed by atoms with Crippen LogP contribution in [-0.2, 0) is 18.6 Å². The molecule has 2 aromatic carbocycles. The monoisotopic (exact) mass is 566 g/mol. The van der Waals surface area contributed by atoms with Gasteiger partial charge in [-0.2, -0.15) is 13.2 Å². The molecule has 1 saturated heterocycles. The fourth-order valence-corrected chi connectivity index (χ4v) is 6.28. The second-order valence-corrected chi connectivity index (χ2v) is 11.0. The van der Waals surface area contributed by atoms with Gasteiger partial charge in [-0.05, 0) is 62.1 Å². The summed E-state index contributed by atoms with van der Waals surface area (Å²) < 4.78 is 45.7. The number of rotatable bonds is 9. The lowest BCUT2D eigenvalue weighted by molar-refractivity contribution is -0.137. The van der Waals surface area contributed by atoms with Crippen LogP contribution in [0.15, 0.2) is 47.6 Å². The van der Waals surface area contributed by atoms with Gasteiger partial charge in [-0.25, -0.2) is 0 Å². The number of carbonyl (C=O) groups is 1. The third-order valence-electron chi connectivity index (χ3n) is 7.53. The Balaban J connectivity index is 0.00000336. The topological polar surface area (TPSA) is 60.2 Å². The number of carbonyl (C=O) groups excluding carboxylic acids is 1. The number of ketones is 1. The van der Waals surface area contributed by atoms with Crippen molar-refractivity contribution in [3.8, 4) is 17.1 Å². The van der Waals surface area contributed by atoms with E-state index >= 15 is 0 Å². The van der Waals surface area contributed by atoms with Crippen LogP contribution in [0.5, 0.6) is 5.75 Å². The van der Waals surface area contributed by atoms with Gasteiger partial charge in [0, 0.05) is 36.9 Å². The Kier molecular flexibility index (Phi) is 8.16. The number of likely N-dealkylation sites (tertiary alicyclic amines) is 1. The summed E-state index contributed by atoms with van der Waals surface area (Å²) in [6, 6.07) is 11.0. The van der Waals surface area contributed by atoms with Crippen LogP contribution in [0.2, 0.25) is 0 Å². The lowest BCUT2D eigenvalue weighted by atomic mass is 9.92. The van der Waals surface area contributed by atoms with Gasteiger partial charge in [-0.1, -0.05) is 30.0 Å². The van der Waals surface area contributed by atoms with Gasteiger partial charge in [0.25, 0.3) is 0 Å². The van der Waals surface area contributed by atoms with Crippen LogP contribution in [0.4, 0.5) is 13.2 Å². The first kappa shape index (κ1) is 28.4. The van der Waals surface area contributed by atoms with Crippen LogP contribution in [0.25, 0.3) is 11.4 Å². The molecule has 2 fully saturated rings. The molecule has 6 nitrogen and oxygen atoms in total. The molecule has 2 atom stereocenters. The predicted octanol–water partition coefficient (Wildman–Crippen LogP) is 5.89. The summed E-state index contributed by atoms with van der Waals surface area (Å²) in [7, 11) is 3.42. The molecule has 0 N–H and O–H groups in total. The highest BCUT2D eigenvalue weighted by Gasteiger charge is 2.60. The van der Waals surface area contributed by atoms with Gasteiger partial charge in [-0.3, -0.25) is 4.79 Å². The lowest BCUT2D eigenvalue weighted by Gasteiger charge is -2.21. The number of alkyl halides is 3. The van der Waals surface area contributed by atoms with Gasteiger partial charge >= 0.3 is 6.18 Å². The van der Waals surface area contributed by atoms with E-state index in [9.17, 15) is 18.0 Å². The van der Waals surface area contributed by atoms with Gasteiger partial charge < -0.3 is 14.2 Å². The molecule has 3 aromatic rings. The van der Waals surface area contributed by atoms with E-state index in [1.165, 1.54) is 17.7 Å². The van der Waals surface area contributed by atoms with Gasteiger partial charge in [-0.15, -0.1) is 22.6 Å². The van der Waals surface area contributed by atoms with Crippen molar-refractivity contribution in [1.82, 2.24) is 19.7 Å². The maximum absolute atomic E-state index is 12.8. The number of nitrogens with zero attached hydrogens (tertiary/aromatic N) is 4. The molecule has 0 bridgehead atoms. The fourth-order valence-electron chi connectivity index (χ4n) is 5.45. The van der Waals surface area contributed by atoms with Crippen molar-refractivity contribution >= 4 is 30.0 Å². The second kappa shape index (κ2) is 10.9. The maximum Gasteiger partial charge on any atom is 0.416 e. The zero-order valence-corrected chi connectivity index (χ0v) is 23.1. The van der Waals surface area contributed by atoms with Crippen molar-refractivity contribution in [2.24, 2.45) is 13.0 Å². The molecule has 2 aliphatic rings. The normalized spacial score (nSPS) is 20.6. The van der Waals surface area contributed by atoms with Gasteiger partial charge in [0.2, 0.25) is 0 Å². The van der Waals surface area contributed by atoms with Crippen LogP contribution in [-0.4, -0.2) is 57.9 Å². The second-order valence-electron chi connectivity index (χ2n) is 9.91. The summed E-state index contributed by atoms with van der Waals surface area (Å²) >= 11 is 1.60. The largest absolute Gasteiger partial charge is 0.496 e. The predicted molar refractivity (Wildman–Crippen MR) is 143 cm³/mol. The standard InChI is InChI=1S/C27H29F3N4O2S.ClH/c1-17(35)22-13-20(9-10-23(22)36-3)26-14-21(26)15-34(16-26)11-4-12-37-25-32-31-24(33(25)2)18-5-7-19(8-6-18)27(28,29)30;/h5-10,13,21H,4,11-12,14-16H2,1-3H3;1H/t21-,26+;/m0./s1. The Bertz CT molecular complexity index is 1310. The minimum Gasteiger partial charge on any atom is -0.496 e. The van der Waals surface area contributed by atoms with Gasteiger partial charge in [0.1, 0.15) is 5.75 Å². The van der Waals surface area contributed by atoms with E-state index < -0.39 is 11.7 Å². The molecule has 1 saturated carbocycles. The number of aromatic nitrogens is 3. The van der Waals surface area contributed by atoms with Crippen molar-refractivity contribution in [2.45, 2.75) is 36.5 Å². The average molecular weight is 567 g/mol. The molecule has 204 valence electrons. The molecule has 5 rings (SSSR count). The van der Waals surface area contributed by atoms with Gasteiger partial charge in [0.05, 0.1) is 18.2 Å². The maximum atomic E-state index is 12.8. The van der Waals surface area contributed by atoms with Crippen molar-refractivity contribution in [3.05, 3.63) is 59.2 Å². The molecule has 38 heavy (non-hydrogen) atoms. The third-order valence-corrected chi connectivity index (χ3v) is 8.63. The number of thioether (sulfide) groups is 1. The van der Waals surface area contributed by atoms with E-state index in [1.54, 1.807) is 25.8 Å². The number of methoxy groups -OCH3 is 1. The molecule has 0 spiro atoms. The number of ether oxygens (including phenoxy) is 1. The van der Waals surface area contributed by atoms with Crippen LogP contribution >= 0.6 is 24.2 Å². The zero-order valence-electron chi connectivity index (χ0n) is 21.4. The Morgan fingerprint density at radius 1 is 1.18 bits per heavy atom. The van der Waals surface area contributed by atoms with E-state index in [4.69, 9.17) is 4.74 Å². The molecular weight excluding hydrogens is 537 g/mol. The number of hydrogen-bond acceptors (Lipinski definition) is 6. The van der Waals surface area contributed by atoms with Crippen LogP contribution in [0.1, 0.15) is 41.3 Å². The van der Waals surface area contributed by atoms with E-state index in [0.29, 0.717) is 28.6 Å². The molecule has 0 unspecified atom stereocenters. The molecular formula is C27H30ClF3N4O2S. The summed E-state index contributed by atoms with van der Waals surface area (Å²) in [6.07, 6.45) is -2.22. The van der Waals surface area contributed by atoms with Crippen molar-refractivity contribution < 1.29 is 22.7 Å². The Morgan fingerprint density at radius 3 is 2.58 bits per heavy atom. The fraction of sp³-hybridized carbons (Fsp3) is 0.444. The van der Waals surface area contributed by atoms with Crippen molar-refractivity contribution in [3.63, 3.8) is 0 Å². The molecule has 0 amide bonds. The Hall–Kier alpha value is -2.56. The summed E-state index contributed by atoms with van der Waals surface area (Å²) in [5.74, 6) is 2.68. The lowest BCUT2D eigenvalue weighted by Crippen LogP contribution is -2.28. The van der Waals surface area contributed by atoms with Crippen LogP contribution in [0.3, 0.4) is 0 Å². The third kappa shape index (κ3) is 5.44. The van der Waals surface area contributed by atoms with E-state index in [-0.39, 0.29) is 23.6 Å².